The van der Waals surface area contributed by atoms with Crippen molar-refractivity contribution >= 4 is 17.5 Å². The number of halogens is 1. The molecular weight excluding hydrogens is 384 g/mol. The van der Waals surface area contributed by atoms with Gasteiger partial charge in [0, 0.05) is 25.7 Å². The van der Waals surface area contributed by atoms with E-state index in [1.165, 1.54) is 5.56 Å². The third kappa shape index (κ3) is 4.69. The van der Waals surface area contributed by atoms with Crippen LogP contribution >= 0.6 is 11.6 Å². The lowest BCUT2D eigenvalue weighted by Crippen LogP contribution is -2.37. The Labute approximate surface area is 176 Å². The van der Waals surface area contributed by atoms with E-state index in [2.05, 4.69) is 39.6 Å². The zero-order valence-electron chi connectivity index (χ0n) is 16.5. The molecule has 2 heterocycles. The molecule has 0 saturated carbocycles. The van der Waals surface area contributed by atoms with Crippen LogP contribution < -0.4 is 5.32 Å². The number of carbonyl (C=O) groups excluding carboxylic acids is 1. The summed E-state index contributed by atoms with van der Waals surface area (Å²) in [6.07, 6.45) is 0.938. The van der Waals surface area contributed by atoms with Crippen LogP contribution in [0.3, 0.4) is 0 Å². The molecule has 0 bridgehead atoms. The Kier molecular flexibility index (Phi) is 5.97. The van der Waals surface area contributed by atoms with Crippen LogP contribution in [0.4, 0.5) is 0 Å². The molecule has 1 N–H and O–H groups in total. The van der Waals surface area contributed by atoms with Crippen molar-refractivity contribution < 1.29 is 4.79 Å². The minimum atomic E-state index is -0.140. The summed E-state index contributed by atoms with van der Waals surface area (Å²) in [5.74, 6) is -0.140. The summed E-state index contributed by atoms with van der Waals surface area (Å²) in [5, 5.41) is 8.03. The molecule has 1 amide bonds. The maximum Gasteiger partial charge on any atom is 0.256 e. The standard InChI is InChI=1S/C23H25ClN4O/c1-17-21(22(24)28(26-17)15-19-10-6-3-7-11-19)23(29)25-20-12-13-27(16-20)14-18-8-4-2-5-9-18/h2-11,20H,12-16H2,1H3,(H,25,29)/t20-/m1/s1. The molecule has 0 unspecified atom stereocenters. The quantitative estimate of drug-likeness (QED) is 0.673. The number of benzene rings is 2. The fraction of sp³-hybridized carbons (Fsp3) is 0.304. The van der Waals surface area contributed by atoms with Crippen LogP contribution in [0.25, 0.3) is 0 Å². The Morgan fingerprint density at radius 1 is 1.07 bits per heavy atom. The number of hydrogen-bond acceptors (Lipinski definition) is 3. The molecule has 5 nitrogen and oxygen atoms in total. The largest absolute Gasteiger partial charge is 0.348 e. The number of likely N-dealkylation sites (tertiary alicyclic amines) is 1. The number of hydrogen-bond donors (Lipinski definition) is 1. The summed E-state index contributed by atoms with van der Waals surface area (Å²) in [5.41, 5.74) is 3.52. The van der Waals surface area contributed by atoms with Gasteiger partial charge in [0.2, 0.25) is 0 Å². The number of nitrogens with one attached hydrogen (secondary N) is 1. The van der Waals surface area contributed by atoms with E-state index in [0.29, 0.717) is 23.0 Å². The van der Waals surface area contributed by atoms with Crippen LogP contribution in [-0.4, -0.2) is 39.7 Å². The summed E-state index contributed by atoms with van der Waals surface area (Å²) in [6.45, 7) is 5.10. The van der Waals surface area contributed by atoms with E-state index in [-0.39, 0.29) is 11.9 Å². The van der Waals surface area contributed by atoms with Crippen molar-refractivity contribution in [1.29, 1.82) is 0 Å². The molecule has 0 radical (unpaired) electrons. The highest BCUT2D eigenvalue weighted by atomic mass is 35.5. The number of carbonyl (C=O) groups is 1. The van der Waals surface area contributed by atoms with Crippen molar-refractivity contribution in [2.45, 2.75) is 32.5 Å². The number of nitrogens with zero attached hydrogens (tertiary/aromatic N) is 3. The lowest BCUT2D eigenvalue weighted by molar-refractivity contribution is 0.0937. The zero-order valence-corrected chi connectivity index (χ0v) is 17.3. The lowest BCUT2D eigenvalue weighted by Gasteiger charge is -2.17. The molecular formula is C23H25ClN4O. The highest BCUT2D eigenvalue weighted by Crippen LogP contribution is 2.22. The van der Waals surface area contributed by atoms with Crippen LogP contribution in [0.15, 0.2) is 60.7 Å². The summed E-state index contributed by atoms with van der Waals surface area (Å²) < 4.78 is 1.69. The van der Waals surface area contributed by atoms with Gasteiger partial charge in [-0.05, 0) is 24.5 Å². The molecule has 1 atom stereocenters. The third-order valence-electron chi connectivity index (χ3n) is 5.32. The first-order chi connectivity index (χ1) is 14.1. The molecule has 0 spiro atoms. The molecule has 3 aromatic rings. The van der Waals surface area contributed by atoms with Gasteiger partial charge >= 0.3 is 0 Å². The second kappa shape index (κ2) is 8.80. The summed E-state index contributed by atoms with van der Waals surface area (Å²) in [6, 6.07) is 20.5. The Morgan fingerprint density at radius 2 is 1.69 bits per heavy atom. The van der Waals surface area contributed by atoms with Crippen molar-refractivity contribution in [1.82, 2.24) is 20.0 Å². The van der Waals surface area contributed by atoms with Gasteiger partial charge in [0.05, 0.1) is 17.8 Å². The molecule has 1 saturated heterocycles. The highest BCUT2D eigenvalue weighted by Gasteiger charge is 2.27. The summed E-state index contributed by atoms with van der Waals surface area (Å²) >= 11 is 6.53. The van der Waals surface area contributed by atoms with E-state index in [1.807, 2.05) is 43.3 Å². The Bertz CT molecular complexity index is 971. The number of rotatable bonds is 6. The summed E-state index contributed by atoms with van der Waals surface area (Å²) in [7, 11) is 0. The van der Waals surface area contributed by atoms with Gasteiger partial charge in [-0.1, -0.05) is 72.3 Å². The minimum absolute atomic E-state index is 0.124. The van der Waals surface area contributed by atoms with Crippen molar-refractivity contribution in [2.75, 3.05) is 13.1 Å². The van der Waals surface area contributed by atoms with Gasteiger partial charge in [0.25, 0.3) is 5.91 Å². The highest BCUT2D eigenvalue weighted by molar-refractivity contribution is 6.33. The van der Waals surface area contributed by atoms with Crippen molar-refractivity contribution in [3.05, 3.63) is 88.2 Å². The zero-order chi connectivity index (χ0) is 20.2. The van der Waals surface area contributed by atoms with Crippen molar-refractivity contribution in [3.8, 4) is 0 Å². The minimum Gasteiger partial charge on any atom is -0.348 e. The van der Waals surface area contributed by atoms with Crippen LogP contribution in [0.1, 0.15) is 33.6 Å². The van der Waals surface area contributed by atoms with Crippen LogP contribution in [0, 0.1) is 6.92 Å². The maximum atomic E-state index is 12.9. The fourth-order valence-corrected chi connectivity index (χ4v) is 4.19. The molecule has 1 fully saturated rings. The fourth-order valence-electron chi connectivity index (χ4n) is 3.87. The monoisotopic (exact) mass is 408 g/mol. The van der Waals surface area contributed by atoms with Gasteiger partial charge in [0.15, 0.2) is 0 Å². The molecule has 0 aliphatic carbocycles. The first-order valence-corrected chi connectivity index (χ1v) is 10.3. The van der Waals surface area contributed by atoms with Crippen molar-refractivity contribution in [3.63, 3.8) is 0 Å². The predicted molar refractivity (Wildman–Crippen MR) is 115 cm³/mol. The van der Waals surface area contributed by atoms with E-state index in [4.69, 9.17) is 11.6 Å². The molecule has 1 aromatic heterocycles. The molecule has 29 heavy (non-hydrogen) atoms. The Hall–Kier alpha value is -2.63. The van der Waals surface area contributed by atoms with Crippen molar-refractivity contribution in [2.24, 2.45) is 0 Å². The Balaban J connectivity index is 1.39. The smallest absolute Gasteiger partial charge is 0.256 e. The Morgan fingerprint density at radius 3 is 2.34 bits per heavy atom. The first kappa shape index (κ1) is 19.7. The van der Waals surface area contributed by atoms with Crippen LogP contribution in [0.2, 0.25) is 5.15 Å². The summed E-state index contributed by atoms with van der Waals surface area (Å²) in [4.78, 5) is 15.3. The first-order valence-electron chi connectivity index (χ1n) is 9.94. The molecule has 1 aliphatic rings. The lowest BCUT2D eigenvalue weighted by atomic mass is 10.2. The van der Waals surface area contributed by atoms with E-state index >= 15 is 0 Å². The van der Waals surface area contributed by atoms with E-state index in [1.54, 1.807) is 4.68 Å². The van der Waals surface area contributed by atoms with Gasteiger partial charge < -0.3 is 5.32 Å². The van der Waals surface area contributed by atoms with Gasteiger partial charge in [0.1, 0.15) is 5.15 Å². The SMILES string of the molecule is Cc1nn(Cc2ccccc2)c(Cl)c1C(=O)N[C@@H]1CCN(Cc2ccccc2)C1. The van der Waals surface area contributed by atoms with Gasteiger partial charge in [-0.15, -0.1) is 0 Å². The molecule has 6 heteroatoms. The molecule has 4 rings (SSSR count). The average Bonchev–Trinajstić information content (AvgIpc) is 3.27. The molecule has 150 valence electrons. The van der Waals surface area contributed by atoms with Gasteiger partial charge in [-0.25, -0.2) is 4.68 Å². The van der Waals surface area contributed by atoms with E-state index < -0.39 is 0 Å². The number of aromatic nitrogens is 2. The van der Waals surface area contributed by atoms with Gasteiger partial charge in [-0.3, -0.25) is 9.69 Å². The van der Waals surface area contributed by atoms with Gasteiger partial charge in [-0.2, -0.15) is 5.10 Å². The topological polar surface area (TPSA) is 50.2 Å². The van der Waals surface area contributed by atoms with E-state index in [9.17, 15) is 4.79 Å². The number of amides is 1. The molecule has 2 aromatic carbocycles. The van der Waals surface area contributed by atoms with E-state index in [0.717, 1.165) is 31.6 Å². The molecule has 1 aliphatic heterocycles. The predicted octanol–water partition coefficient (Wildman–Crippen LogP) is 3.90. The second-order valence-electron chi connectivity index (χ2n) is 7.57. The van der Waals surface area contributed by atoms with Crippen LogP contribution in [0.5, 0.6) is 0 Å². The third-order valence-corrected chi connectivity index (χ3v) is 5.71. The average molecular weight is 409 g/mol. The normalized spacial score (nSPS) is 16.8. The second-order valence-corrected chi connectivity index (χ2v) is 7.93. The maximum absolute atomic E-state index is 12.9. The van der Waals surface area contributed by atoms with Crippen LogP contribution in [-0.2, 0) is 13.1 Å². The number of aryl methyl sites for hydroxylation is 1.